The lowest BCUT2D eigenvalue weighted by Gasteiger charge is -2.09. The number of aliphatic carboxylic acids is 1. The van der Waals surface area contributed by atoms with Crippen LogP contribution in [0.1, 0.15) is 5.76 Å². The summed E-state index contributed by atoms with van der Waals surface area (Å²) in [6.45, 7) is -0.514. The van der Waals surface area contributed by atoms with Crippen molar-refractivity contribution in [2.75, 3.05) is 6.54 Å². The number of carboxylic acids is 1. The number of nitro benzene ring substituents is 1. The fourth-order valence-corrected chi connectivity index (χ4v) is 3.71. The fraction of sp³-hybridized carbons (Fsp3) is 0.0625. The molecule has 0 spiro atoms. The maximum atomic E-state index is 12.2. The maximum Gasteiger partial charge on any atom is 0.323 e. The van der Waals surface area contributed by atoms with Gasteiger partial charge in [-0.1, -0.05) is 35.6 Å². The molecule has 8 nitrogen and oxygen atoms in total. The average Bonchev–Trinajstić information content (AvgIpc) is 3.15. The molecule has 1 aromatic heterocycles. The highest BCUT2D eigenvalue weighted by Crippen LogP contribution is 2.34. The van der Waals surface area contributed by atoms with Gasteiger partial charge in [0.05, 0.1) is 9.83 Å². The van der Waals surface area contributed by atoms with Crippen molar-refractivity contribution in [2.24, 2.45) is 0 Å². The summed E-state index contributed by atoms with van der Waals surface area (Å²) in [7, 11) is 0. The van der Waals surface area contributed by atoms with E-state index in [1.807, 2.05) is 0 Å². The lowest BCUT2D eigenvalue weighted by molar-refractivity contribution is -0.384. The molecule has 1 aliphatic rings. The molecule has 2 heterocycles. The second-order valence-corrected chi connectivity index (χ2v) is 7.37. The summed E-state index contributed by atoms with van der Waals surface area (Å²) in [5, 5.41) is 19.8. The molecule has 0 atom stereocenters. The van der Waals surface area contributed by atoms with E-state index in [9.17, 15) is 19.7 Å². The van der Waals surface area contributed by atoms with Crippen LogP contribution in [0.4, 0.5) is 5.69 Å². The molecule has 1 aliphatic heterocycles. The van der Waals surface area contributed by atoms with Crippen molar-refractivity contribution in [1.29, 1.82) is 0 Å². The Morgan fingerprint density at radius 1 is 1.41 bits per heavy atom. The molecule has 0 bridgehead atoms. The standard InChI is InChI=1S/C16H9ClN2O6S2/c17-10-3-1-8(5-11(10)19(23)24)12-4-2-9(25-12)6-13-15(22)18(7-14(20)21)16(26)27-13/h1-6H,7H2,(H,20,21). The van der Waals surface area contributed by atoms with Gasteiger partial charge in [0.2, 0.25) is 0 Å². The van der Waals surface area contributed by atoms with Crippen LogP contribution < -0.4 is 0 Å². The van der Waals surface area contributed by atoms with E-state index in [0.29, 0.717) is 17.1 Å². The topological polar surface area (TPSA) is 114 Å². The van der Waals surface area contributed by atoms with Crippen molar-refractivity contribution in [2.45, 2.75) is 0 Å². The van der Waals surface area contributed by atoms with Crippen LogP contribution in [-0.4, -0.2) is 37.7 Å². The molecule has 0 radical (unpaired) electrons. The van der Waals surface area contributed by atoms with Gasteiger partial charge in [0.1, 0.15) is 27.4 Å². The van der Waals surface area contributed by atoms with Crippen LogP contribution in [0.2, 0.25) is 5.02 Å². The Balaban J connectivity index is 1.87. The first kappa shape index (κ1) is 19.1. The van der Waals surface area contributed by atoms with E-state index in [1.54, 1.807) is 18.2 Å². The van der Waals surface area contributed by atoms with E-state index in [0.717, 1.165) is 16.7 Å². The first-order valence-electron chi connectivity index (χ1n) is 7.27. The number of nitro groups is 1. The minimum Gasteiger partial charge on any atom is -0.480 e. The molecule has 1 aromatic carbocycles. The van der Waals surface area contributed by atoms with Crippen LogP contribution in [-0.2, 0) is 9.59 Å². The fourth-order valence-electron chi connectivity index (χ4n) is 2.29. The van der Waals surface area contributed by atoms with Gasteiger partial charge in [-0.25, -0.2) is 0 Å². The average molecular weight is 425 g/mol. The summed E-state index contributed by atoms with van der Waals surface area (Å²) in [6.07, 6.45) is 1.44. The summed E-state index contributed by atoms with van der Waals surface area (Å²) < 4.78 is 5.77. The molecular formula is C16H9ClN2O6S2. The van der Waals surface area contributed by atoms with Crippen molar-refractivity contribution < 1.29 is 24.0 Å². The molecule has 0 aliphatic carbocycles. The molecular weight excluding hydrogens is 416 g/mol. The minimum atomic E-state index is -1.17. The Hall–Kier alpha value is -2.69. The number of thioether (sulfide) groups is 1. The highest BCUT2D eigenvalue weighted by atomic mass is 35.5. The number of hydrogen-bond donors (Lipinski definition) is 1. The Morgan fingerprint density at radius 2 is 2.15 bits per heavy atom. The molecule has 1 N–H and O–H groups in total. The molecule has 2 aromatic rings. The third-order valence-electron chi connectivity index (χ3n) is 3.49. The molecule has 1 fully saturated rings. The number of nitrogens with zero attached hydrogens (tertiary/aromatic N) is 2. The van der Waals surface area contributed by atoms with Gasteiger partial charge in [-0.3, -0.25) is 24.6 Å². The van der Waals surface area contributed by atoms with Crippen molar-refractivity contribution in [3.63, 3.8) is 0 Å². The van der Waals surface area contributed by atoms with Gasteiger partial charge in [-0.2, -0.15) is 0 Å². The number of halogens is 1. The normalized spacial score (nSPS) is 15.6. The van der Waals surface area contributed by atoms with Crippen LogP contribution in [0, 0.1) is 10.1 Å². The smallest absolute Gasteiger partial charge is 0.323 e. The molecule has 0 saturated carbocycles. The number of carbonyl (C=O) groups is 2. The summed E-state index contributed by atoms with van der Waals surface area (Å²) >= 11 is 11.8. The predicted octanol–water partition coefficient (Wildman–Crippen LogP) is 3.79. The van der Waals surface area contributed by atoms with Gasteiger partial charge in [-0.15, -0.1) is 0 Å². The number of thiocarbonyl (C=S) groups is 1. The number of hydrogen-bond acceptors (Lipinski definition) is 7. The molecule has 3 rings (SSSR count). The van der Waals surface area contributed by atoms with Crippen molar-refractivity contribution in [3.05, 3.63) is 56.1 Å². The lowest BCUT2D eigenvalue weighted by Crippen LogP contribution is -2.33. The van der Waals surface area contributed by atoms with E-state index in [4.69, 9.17) is 33.3 Å². The van der Waals surface area contributed by atoms with Gasteiger partial charge >= 0.3 is 5.97 Å². The molecule has 11 heteroatoms. The largest absolute Gasteiger partial charge is 0.480 e. The summed E-state index contributed by atoms with van der Waals surface area (Å²) in [5.74, 6) is -1.02. The van der Waals surface area contributed by atoms with Crippen LogP contribution in [0.3, 0.4) is 0 Å². The first-order chi connectivity index (χ1) is 12.8. The van der Waals surface area contributed by atoms with Crippen molar-refractivity contribution in [1.82, 2.24) is 4.90 Å². The van der Waals surface area contributed by atoms with Crippen LogP contribution in [0.15, 0.2) is 39.7 Å². The highest BCUT2D eigenvalue weighted by molar-refractivity contribution is 8.26. The minimum absolute atomic E-state index is 0.0117. The quantitative estimate of drug-likeness (QED) is 0.333. The summed E-state index contributed by atoms with van der Waals surface area (Å²) in [4.78, 5) is 34.7. The van der Waals surface area contributed by atoms with Gasteiger partial charge in [0, 0.05) is 17.7 Å². The van der Waals surface area contributed by atoms with Gasteiger partial charge < -0.3 is 9.52 Å². The van der Waals surface area contributed by atoms with E-state index < -0.39 is 23.3 Å². The zero-order valence-corrected chi connectivity index (χ0v) is 15.6. The summed E-state index contributed by atoms with van der Waals surface area (Å²) in [6, 6.07) is 7.44. The lowest BCUT2D eigenvalue weighted by atomic mass is 10.1. The first-order valence-corrected chi connectivity index (χ1v) is 8.88. The number of carbonyl (C=O) groups excluding carboxylic acids is 1. The Morgan fingerprint density at radius 3 is 2.81 bits per heavy atom. The Labute approximate surface area is 166 Å². The third kappa shape index (κ3) is 4.02. The monoisotopic (exact) mass is 424 g/mol. The van der Waals surface area contributed by atoms with Gasteiger partial charge in [0.25, 0.3) is 11.6 Å². The van der Waals surface area contributed by atoms with E-state index >= 15 is 0 Å². The summed E-state index contributed by atoms with van der Waals surface area (Å²) in [5.41, 5.74) is 0.200. The zero-order valence-electron chi connectivity index (χ0n) is 13.2. The second kappa shape index (κ2) is 7.51. The SMILES string of the molecule is O=C(O)CN1C(=O)C(=Cc2ccc(-c3ccc(Cl)c([N+](=O)[O-])c3)o2)SC1=S. The zero-order chi connectivity index (χ0) is 19.7. The van der Waals surface area contributed by atoms with Gasteiger partial charge in [-0.05, 0) is 24.3 Å². The van der Waals surface area contributed by atoms with E-state index in [-0.39, 0.29) is 19.9 Å². The van der Waals surface area contributed by atoms with Gasteiger partial charge in [0.15, 0.2) is 0 Å². The maximum absolute atomic E-state index is 12.2. The number of carboxylic acid groups (broad SMARTS) is 1. The van der Waals surface area contributed by atoms with E-state index in [1.165, 1.54) is 18.2 Å². The Bertz CT molecular complexity index is 1020. The molecule has 27 heavy (non-hydrogen) atoms. The van der Waals surface area contributed by atoms with Crippen molar-refractivity contribution >= 4 is 63.5 Å². The number of rotatable bonds is 5. The third-order valence-corrected chi connectivity index (χ3v) is 5.19. The van der Waals surface area contributed by atoms with Crippen molar-refractivity contribution in [3.8, 4) is 11.3 Å². The number of amides is 1. The molecule has 1 saturated heterocycles. The number of furan rings is 1. The van der Waals surface area contributed by atoms with Crippen LogP contribution >= 0.6 is 35.6 Å². The molecule has 138 valence electrons. The molecule has 0 unspecified atom stereocenters. The highest BCUT2D eigenvalue weighted by Gasteiger charge is 2.33. The molecule has 1 amide bonds. The second-order valence-electron chi connectivity index (χ2n) is 5.29. The van der Waals surface area contributed by atoms with Crippen LogP contribution in [0.5, 0.6) is 0 Å². The van der Waals surface area contributed by atoms with E-state index in [2.05, 4.69) is 0 Å². The predicted molar refractivity (Wildman–Crippen MR) is 103 cm³/mol. The van der Waals surface area contributed by atoms with Crippen LogP contribution in [0.25, 0.3) is 17.4 Å². The Kier molecular flexibility index (Phi) is 5.31. The number of benzene rings is 1.